The average Bonchev–Trinajstić information content (AvgIpc) is 2.29. The van der Waals surface area contributed by atoms with Gasteiger partial charge in [-0.1, -0.05) is 0 Å². The van der Waals surface area contributed by atoms with Crippen LogP contribution in [0.2, 0.25) is 0 Å². The Kier molecular flexibility index (Phi) is 3.23. The summed E-state index contributed by atoms with van der Waals surface area (Å²) in [5.74, 6) is 0.386. The summed E-state index contributed by atoms with van der Waals surface area (Å²) in [5.41, 5.74) is 6.18. The molecule has 17 heavy (non-hydrogen) atoms. The van der Waals surface area contributed by atoms with E-state index in [1.165, 1.54) is 6.07 Å². The number of halogens is 2. The maximum absolute atomic E-state index is 13.3. The van der Waals surface area contributed by atoms with E-state index in [1.54, 1.807) is 25.3 Å². The minimum absolute atomic E-state index is 0.114. The number of nitrogens with two attached hydrogens (primary N) is 1. The summed E-state index contributed by atoms with van der Waals surface area (Å²) in [6, 6.07) is 4.46. The lowest BCUT2D eigenvalue weighted by Crippen LogP contribution is -1.99. The van der Waals surface area contributed by atoms with E-state index in [1.807, 2.05) is 0 Å². The van der Waals surface area contributed by atoms with Crippen LogP contribution in [0.4, 0.5) is 10.3 Å². The highest BCUT2D eigenvalue weighted by Crippen LogP contribution is 2.26. The molecule has 0 aliphatic heterocycles. The molecule has 0 unspecified atom stereocenters. The summed E-state index contributed by atoms with van der Waals surface area (Å²) in [7, 11) is 0. The van der Waals surface area contributed by atoms with Crippen molar-refractivity contribution in [3.8, 4) is 11.6 Å². The number of nitrogen functional groups attached to an aromatic ring is 1. The molecule has 0 saturated carbocycles. The molecule has 1 aromatic heterocycles. The van der Waals surface area contributed by atoms with Crippen LogP contribution < -0.4 is 10.5 Å². The standard InChI is InChI=1S/C11H9BrFN3O/c1-6-5-15-11(14)16-10(6)17-7-2-3-8(12)9(13)4-7/h2-5H,1H3,(H2,14,15,16). The van der Waals surface area contributed by atoms with Crippen molar-refractivity contribution in [2.45, 2.75) is 6.92 Å². The molecule has 0 fully saturated rings. The topological polar surface area (TPSA) is 61.0 Å². The van der Waals surface area contributed by atoms with Crippen LogP contribution in [0.1, 0.15) is 5.56 Å². The molecule has 4 nitrogen and oxygen atoms in total. The Morgan fingerprint density at radius 3 is 2.88 bits per heavy atom. The van der Waals surface area contributed by atoms with Crippen molar-refractivity contribution >= 4 is 21.9 Å². The summed E-state index contributed by atoms with van der Waals surface area (Å²) in [4.78, 5) is 7.75. The third-order valence-corrected chi connectivity index (χ3v) is 2.69. The van der Waals surface area contributed by atoms with Gasteiger partial charge in [0.2, 0.25) is 11.8 Å². The Hall–Kier alpha value is -1.69. The molecule has 2 N–H and O–H groups in total. The van der Waals surface area contributed by atoms with Crippen LogP contribution >= 0.6 is 15.9 Å². The zero-order valence-corrected chi connectivity index (χ0v) is 10.5. The minimum atomic E-state index is -0.401. The number of benzene rings is 1. The zero-order valence-electron chi connectivity index (χ0n) is 8.95. The lowest BCUT2D eigenvalue weighted by Gasteiger charge is -2.07. The number of aromatic nitrogens is 2. The summed E-state index contributed by atoms with van der Waals surface area (Å²) < 4.78 is 19.1. The van der Waals surface area contributed by atoms with Gasteiger partial charge in [0.15, 0.2) is 0 Å². The van der Waals surface area contributed by atoms with Crippen molar-refractivity contribution in [3.05, 3.63) is 40.2 Å². The highest BCUT2D eigenvalue weighted by molar-refractivity contribution is 9.10. The maximum Gasteiger partial charge on any atom is 0.226 e. The highest BCUT2D eigenvalue weighted by Gasteiger charge is 2.07. The largest absolute Gasteiger partial charge is 0.438 e. The van der Waals surface area contributed by atoms with Gasteiger partial charge in [-0.25, -0.2) is 9.37 Å². The average molecular weight is 298 g/mol. The predicted molar refractivity (Wildman–Crippen MR) is 65.4 cm³/mol. The summed E-state index contributed by atoms with van der Waals surface area (Å²) in [6.45, 7) is 1.78. The van der Waals surface area contributed by atoms with Crippen LogP contribution in [0.25, 0.3) is 0 Å². The Balaban J connectivity index is 2.31. The van der Waals surface area contributed by atoms with Crippen LogP contribution in [0.3, 0.4) is 0 Å². The second kappa shape index (κ2) is 4.67. The number of anilines is 1. The molecule has 1 aromatic carbocycles. The number of hydrogen-bond acceptors (Lipinski definition) is 4. The maximum atomic E-state index is 13.3. The summed E-state index contributed by atoms with van der Waals surface area (Å²) in [6.07, 6.45) is 1.55. The number of rotatable bonds is 2. The van der Waals surface area contributed by atoms with E-state index >= 15 is 0 Å². The molecule has 0 saturated heterocycles. The number of hydrogen-bond donors (Lipinski definition) is 1. The molecular weight excluding hydrogens is 289 g/mol. The van der Waals surface area contributed by atoms with Gasteiger partial charge in [-0.3, -0.25) is 0 Å². The molecule has 0 aliphatic carbocycles. The molecular formula is C11H9BrFN3O. The van der Waals surface area contributed by atoms with Crippen molar-refractivity contribution in [2.24, 2.45) is 0 Å². The molecule has 0 atom stereocenters. The van der Waals surface area contributed by atoms with Gasteiger partial charge in [-0.15, -0.1) is 0 Å². The van der Waals surface area contributed by atoms with Gasteiger partial charge in [0.05, 0.1) is 4.47 Å². The first kappa shape index (κ1) is 11.8. The van der Waals surface area contributed by atoms with Gasteiger partial charge >= 0.3 is 0 Å². The van der Waals surface area contributed by atoms with E-state index in [0.717, 1.165) is 5.56 Å². The fourth-order valence-electron chi connectivity index (χ4n) is 1.19. The molecule has 0 radical (unpaired) electrons. The first-order valence-corrected chi connectivity index (χ1v) is 5.57. The number of nitrogens with zero attached hydrogens (tertiary/aromatic N) is 2. The molecule has 0 spiro atoms. The van der Waals surface area contributed by atoms with E-state index in [-0.39, 0.29) is 5.95 Å². The van der Waals surface area contributed by atoms with E-state index in [4.69, 9.17) is 10.5 Å². The van der Waals surface area contributed by atoms with Gasteiger partial charge < -0.3 is 10.5 Å². The van der Waals surface area contributed by atoms with Gasteiger partial charge in [0, 0.05) is 17.8 Å². The van der Waals surface area contributed by atoms with Crippen molar-refractivity contribution < 1.29 is 9.13 Å². The first-order valence-electron chi connectivity index (χ1n) is 4.78. The van der Waals surface area contributed by atoms with Crippen molar-refractivity contribution in [1.82, 2.24) is 9.97 Å². The van der Waals surface area contributed by atoms with E-state index in [9.17, 15) is 4.39 Å². The summed E-state index contributed by atoms with van der Waals surface area (Å²) in [5, 5.41) is 0. The quantitative estimate of drug-likeness (QED) is 0.925. The van der Waals surface area contributed by atoms with Crippen LogP contribution in [0, 0.1) is 12.7 Å². The van der Waals surface area contributed by atoms with E-state index in [2.05, 4.69) is 25.9 Å². The van der Waals surface area contributed by atoms with Gasteiger partial charge in [-0.05, 0) is 35.0 Å². The Bertz CT molecular complexity index is 562. The molecule has 2 rings (SSSR count). The fourth-order valence-corrected chi connectivity index (χ4v) is 1.44. The molecule has 1 heterocycles. The van der Waals surface area contributed by atoms with Gasteiger partial charge in [0.25, 0.3) is 0 Å². The van der Waals surface area contributed by atoms with Crippen LogP contribution in [0.15, 0.2) is 28.9 Å². The van der Waals surface area contributed by atoms with Crippen LogP contribution in [-0.2, 0) is 0 Å². The monoisotopic (exact) mass is 297 g/mol. The lowest BCUT2D eigenvalue weighted by molar-refractivity contribution is 0.453. The third-order valence-electron chi connectivity index (χ3n) is 2.05. The Morgan fingerprint density at radius 1 is 1.41 bits per heavy atom. The molecule has 0 amide bonds. The molecule has 0 aliphatic rings. The SMILES string of the molecule is Cc1cnc(N)nc1Oc1ccc(Br)c(F)c1. The molecule has 88 valence electrons. The normalized spacial score (nSPS) is 10.3. The number of ether oxygens (including phenoxy) is 1. The molecule has 2 aromatic rings. The first-order chi connectivity index (χ1) is 8.06. The Labute approximate surface area is 106 Å². The highest BCUT2D eigenvalue weighted by atomic mass is 79.9. The second-order valence-electron chi connectivity index (χ2n) is 3.39. The lowest BCUT2D eigenvalue weighted by atomic mass is 10.3. The smallest absolute Gasteiger partial charge is 0.226 e. The fraction of sp³-hybridized carbons (Fsp3) is 0.0909. The van der Waals surface area contributed by atoms with Crippen molar-refractivity contribution in [1.29, 1.82) is 0 Å². The van der Waals surface area contributed by atoms with Gasteiger partial charge in [0.1, 0.15) is 11.6 Å². The molecule has 6 heteroatoms. The third kappa shape index (κ3) is 2.71. The van der Waals surface area contributed by atoms with Crippen molar-refractivity contribution in [2.75, 3.05) is 5.73 Å². The van der Waals surface area contributed by atoms with E-state index in [0.29, 0.717) is 16.1 Å². The Morgan fingerprint density at radius 2 is 2.18 bits per heavy atom. The molecule has 0 bridgehead atoms. The van der Waals surface area contributed by atoms with Crippen LogP contribution in [0.5, 0.6) is 11.6 Å². The van der Waals surface area contributed by atoms with Gasteiger partial charge in [-0.2, -0.15) is 4.98 Å². The van der Waals surface area contributed by atoms with Crippen LogP contribution in [-0.4, -0.2) is 9.97 Å². The van der Waals surface area contributed by atoms with E-state index < -0.39 is 5.82 Å². The minimum Gasteiger partial charge on any atom is -0.438 e. The van der Waals surface area contributed by atoms with Crippen molar-refractivity contribution in [3.63, 3.8) is 0 Å². The second-order valence-corrected chi connectivity index (χ2v) is 4.25. The zero-order chi connectivity index (χ0) is 12.4. The predicted octanol–water partition coefficient (Wildman–Crippen LogP) is 3.06. The number of aryl methyl sites for hydroxylation is 1. The summed E-state index contributed by atoms with van der Waals surface area (Å²) >= 11 is 3.06.